The number of hydrogen-bond acceptors (Lipinski definition) is 7. The van der Waals surface area contributed by atoms with E-state index in [4.69, 9.17) is 0 Å². The summed E-state index contributed by atoms with van der Waals surface area (Å²) < 4.78 is 1.71. The molecule has 2 heterocycles. The molecule has 2 aromatic carbocycles. The third kappa shape index (κ3) is 5.07. The number of nitrogens with zero attached hydrogens (tertiary/aromatic N) is 5. The maximum absolute atomic E-state index is 12.2. The lowest BCUT2D eigenvalue weighted by Gasteiger charge is -2.04. The van der Waals surface area contributed by atoms with E-state index in [2.05, 4.69) is 25.8 Å². The smallest absolute Gasteiger partial charge is 0.231 e. The van der Waals surface area contributed by atoms with Gasteiger partial charge < -0.3 is 5.32 Å². The number of hydrogen-bond donors (Lipinski definition) is 1. The quantitative estimate of drug-likeness (QED) is 0.455. The Morgan fingerprint density at radius 3 is 2.72 bits per heavy atom. The minimum absolute atomic E-state index is 0.0759. The lowest BCUT2D eigenvalue weighted by molar-refractivity contribution is -0.115. The molecule has 0 saturated carbocycles. The van der Waals surface area contributed by atoms with E-state index in [-0.39, 0.29) is 12.3 Å². The molecule has 0 aliphatic rings. The summed E-state index contributed by atoms with van der Waals surface area (Å²) in [5.74, 6) is 0.552. The van der Waals surface area contributed by atoms with Crippen molar-refractivity contribution in [3.63, 3.8) is 0 Å². The maximum atomic E-state index is 12.2. The molecule has 0 saturated heterocycles. The van der Waals surface area contributed by atoms with Gasteiger partial charge in [-0.2, -0.15) is 4.68 Å². The Hall–Kier alpha value is -3.04. The van der Waals surface area contributed by atoms with Crippen molar-refractivity contribution in [1.82, 2.24) is 25.2 Å². The van der Waals surface area contributed by atoms with Gasteiger partial charge in [-0.15, -0.1) is 16.4 Å². The number of thiazole rings is 1. The molecule has 4 rings (SSSR count). The molecule has 0 radical (unpaired) electrons. The van der Waals surface area contributed by atoms with Crippen LogP contribution >= 0.6 is 23.1 Å². The standard InChI is InChI=1S/C20H18N6OS2/c1-14-7-9-17(10-8-14)26-20(23-24-25-26)29-13-16-12-28-19(22-16)11-18(27)21-15-5-3-2-4-6-15/h2-10,12H,11,13H2,1H3,(H,21,27). The molecule has 0 aliphatic carbocycles. The number of carbonyl (C=O) groups excluding carboxylic acids is 1. The van der Waals surface area contributed by atoms with Crippen LogP contribution in [0, 0.1) is 6.92 Å². The predicted molar refractivity (Wildman–Crippen MR) is 114 cm³/mol. The SMILES string of the molecule is Cc1ccc(-n2nnnc2SCc2csc(CC(=O)Nc3ccccc3)n2)cc1. The Balaban J connectivity index is 1.35. The summed E-state index contributed by atoms with van der Waals surface area (Å²) in [4.78, 5) is 16.7. The van der Waals surface area contributed by atoms with Gasteiger partial charge in [-0.3, -0.25) is 4.79 Å². The Labute approximate surface area is 176 Å². The van der Waals surface area contributed by atoms with E-state index in [0.29, 0.717) is 10.9 Å². The van der Waals surface area contributed by atoms with Gasteiger partial charge in [-0.1, -0.05) is 47.7 Å². The van der Waals surface area contributed by atoms with Crippen molar-refractivity contribution in [2.24, 2.45) is 0 Å². The van der Waals surface area contributed by atoms with Crippen LogP contribution in [0.1, 0.15) is 16.3 Å². The van der Waals surface area contributed by atoms with Crippen LogP contribution in [0.3, 0.4) is 0 Å². The zero-order valence-corrected chi connectivity index (χ0v) is 17.3. The molecule has 9 heteroatoms. The number of anilines is 1. The molecule has 2 aromatic heterocycles. The molecule has 0 atom stereocenters. The van der Waals surface area contributed by atoms with Crippen LogP contribution in [0.2, 0.25) is 0 Å². The fourth-order valence-electron chi connectivity index (χ4n) is 2.62. The summed E-state index contributed by atoms with van der Waals surface area (Å²) in [6.45, 7) is 2.04. The van der Waals surface area contributed by atoms with E-state index in [9.17, 15) is 4.79 Å². The number of nitrogens with one attached hydrogen (secondary N) is 1. The second kappa shape index (κ2) is 8.97. The van der Waals surface area contributed by atoms with Crippen molar-refractivity contribution < 1.29 is 4.79 Å². The monoisotopic (exact) mass is 422 g/mol. The average molecular weight is 423 g/mol. The van der Waals surface area contributed by atoms with E-state index in [1.54, 1.807) is 4.68 Å². The lowest BCUT2D eigenvalue weighted by Crippen LogP contribution is -2.14. The summed E-state index contributed by atoms with van der Waals surface area (Å²) in [7, 11) is 0. The van der Waals surface area contributed by atoms with E-state index in [1.807, 2.05) is 66.9 Å². The number of amides is 1. The van der Waals surface area contributed by atoms with E-state index < -0.39 is 0 Å². The van der Waals surface area contributed by atoms with Gasteiger partial charge in [0.1, 0.15) is 5.01 Å². The number of para-hydroxylation sites is 1. The highest BCUT2D eigenvalue weighted by Crippen LogP contribution is 2.24. The second-order valence-electron chi connectivity index (χ2n) is 6.32. The molecule has 0 aliphatic heterocycles. The Bertz CT molecular complexity index is 1090. The number of aryl methyl sites for hydroxylation is 1. The average Bonchev–Trinajstić information content (AvgIpc) is 3.37. The first-order valence-corrected chi connectivity index (χ1v) is 10.8. The van der Waals surface area contributed by atoms with Crippen molar-refractivity contribution in [3.8, 4) is 5.69 Å². The normalized spacial score (nSPS) is 10.8. The topological polar surface area (TPSA) is 85.6 Å². The van der Waals surface area contributed by atoms with Crippen LogP contribution in [-0.2, 0) is 17.0 Å². The number of thioether (sulfide) groups is 1. The van der Waals surface area contributed by atoms with Crippen molar-refractivity contribution in [2.45, 2.75) is 24.3 Å². The minimum Gasteiger partial charge on any atom is -0.326 e. The summed E-state index contributed by atoms with van der Waals surface area (Å²) in [5.41, 5.74) is 3.79. The van der Waals surface area contributed by atoms with Crippen molar-refractivity contribution >= 4 is 34.7 Å². The van der Waals surface area contributed by atoms with Gasteiger partial charge >= 0.3 is 0 Å². The minimum atomic E-state index is -0.0759. The fourth-order valence-corrected chi connectivity index (χ4v) is 4.30. The number of carbonyl (C=O) groups is 1. The lowest BCUT2D eigenvalue weighted by atomic mass is 10.2. The third-order valence-electron chi connectivity index (χ3n) is 4.04. The zero-order chi connectivity index (χ0) is 20.1. The zero-order valence-electron chi connectivity index (χ0n) is 15.6. The summed E-state index contributed by atoms with van der Waals surface area (Å²) >= 11 is 3.00. The number of tetrazole rings is 1. The molecular weight excluding hydrogens is 404 g/mol. The fraction of sp³-hybridized carbons (Fsp3) is 0.150. The number of benzene rings is 2. The molecule has 1 N–H and O–H groups in total. The molecule has 0 bridgehead atoms. The van der Waals surface area contributed by atoms with Gasteiger partial charge in [0.05, 0.1) is 17.8 Å². The number of rotatable bonds is 7. The van der Waals surface area contributed by atoms with Gasteiger partial charge in [0.15, 0.2) is 0 Å². The van der Waals surface area contributed by atoms with E-state index in [0.717, 1.165) is 22.1 Å². The van der Waals surface area contributed by atoms with Crippen LogP contribution in [0.25, 0.3) is 5.69 Å². The van der Waals surface area contributed by atoms with Crippen LogP contribution < -0.4 is 5.32 Å². The maximum Gasteiger partial charge on any atom is 0.231 e. The van der Waals surface area contributed by atoms with E-state index >= 15 is 0 Å². The Morgan fingerprint density at radius 2 is 1.93 bits per heavy atom. The third-order valence-corrected chi connectivity index (χ3v) is 5.89. The molecule has 29 heavy (non-hydrogen) atoms. The number of aromatic nitrogens is 5. The van der Waals surface area contributed by atoms with Gasteiger partial charge in [-0.05, 0) is 41.6 Å². The van der Waals surface area contributed by atoms with Gasteiger partial charge in [0.2, 0.25) is 11.1 Å². The first-order chi connectivity index (χ1) is 14.2. The van der Waals surface area contributed by atoms with E-state index in [1.165, 1.54) is 28.7 Å². The van der Waals surface area contributed by atoms with Gasteiger partial charge in [0, 0.05) is 16.8 Å². The van der Waals surface area contributed by atoms with Crippen molar-refractivity contribution in [1.29, 1.82) is 0 Å². The molecule has 0 spiro atoms. The van der Waals surface area contributed by atoms with Gasteiger partial charge in [0.25, 0.3) is 0 Å². The molecular formula is C20H18N6OS2. The predicted octanol–water partition coefficient (Wildman–Crippen LogP) is 3.90. The molecule has 0 unspecified atom stereocenters. The highest BCUT2D eigenvalue weighted by Gasteiger charge is 2.12. The van der Waals surface area contributed by atoms with Gasteiger partial charge in [-0.25, -0.2) is 4.98 Å². The highest BCUT2D eigenvalue weighted by atomic mass is 32.2. The second-order valence-corrected chi connectivity index (χ2v) is 8.21. The van der Waals surface area contributed by atoms with Crippen LogP contribution in [0.5, 0.6) is 0 Å². The van der Waals surface area contributed by atoms with Crippen LogP contribution in [0.4, 0.5) is 5.69 Å². The van der Waals surface area contributed by atoms with Crippen LogP contribution in [0.15, 0.2) is 65.1 Å². The first kappa shape index (κ1) is 19.3. The molecule has 0 fully saturated rings. The van der Waals surface area contributed by atoms with Crippen molar-refractivity contribution in [2.75, 3.05) is 5.32 Å². The Morgan fingerprint density at radius 1 is 1.14 bits per heavy atom. The van der Waals surface area contributed by atoms with Crippen LogP contribution in [-0.4, -0.2) is 31.1 Å². The molecule has 1 amide bonds. The molecule has 146 valence electrons. The largest absolute Gasteiger partial charge is 0.326 e. The van der Waals surface area contributed by atoms with Crippen molar-refractivity contribution in [3.05, 3.63) is 76.2 Å². The highest BCUT2D eigenvalue weighted by molar-refractivity contribution is 7.98. The molecule has 4 aromatic rings. The summed E-state index contributed by atoms with van der Waals surface area (Å²) in [5, 5.41) is 18.3. The summed E-state index contributed by atoms with van der Waals surface area (Å²) in [6, 6.07) is 17.4. The summed E-state index contributed by atoms with van der Waals surface area (Å²) in [6.07, 6.45) is 0.255. The Kier molecular flexibility index (Phi) is 5.97. The first-order valence-electron chi connectivity index (χ1n) is 8.94. The molecule has 7 nitrogen and oxygen atoms in total.